The van der Waals surface area contributed by atoms with E-state index < -0.39 is 23.5 Å². The van der Waals surface area contributed by atoms with Gasteiger partial charge in [0.25, 0.3) is 17.2 Å². The minimum absolute atomic E-state index is 0.0110. The molecule has 0 spiro atoms. The fourth-order valence-electron chi connectivity index (χ4n) is 4.56. The van der Waals surface area contributed by atoms with E-state index in [-0.39, 0.29) is 32.5 Å². The van der Waals surface area contributed by atoms with Crippen molar-refractivity contribution in [2.45, 2.75) is 97.7 Å². The SMILES string of the molecule is CCC(Oc1ccc(C(C)(C)CC)cc1C(C)(C)CC)C(=O)Nc1ccccc1C(C)OS(=O)Nc1cc(Cl)c(O)c(Cl)c1. The Labute approximate surface area is 274 Å². The molecular formula is C34H44Cl2N2O5S. The van der Waals surface area contributed by atoms with E-state index in [0.29, 0.717) is 29.1 Å². The van der Waals surface area contributed by atoms with Gasteiger partial charge in [0, 0.05) is 16.8 Å². The molecule has 0 radical (unpaired) electrons. The molecule has 0 aliphatic carbocycles. The number of para-hydroxylation sites is 1. The Morgan fingerprint density at radius 1 is 0.955 bits per heavy atom. The Bertz CT molecular complexity index is 1470. The number of phenolic OH excluding ortho intramolecular Hbond substituents is 1. The molecule has 0 aromatic heterocycles. The summed E-state index contributed by atoms with van der Waals surface area (Å²) in [7, 11) is 0. The monoisotopic (exact) mass is 662 g/mol. The fourth-order valence-corrected chi connectivity index (χ4v) is 5.77. The number of nitrogens with one attached hydrogen (secondary N) is 2. The van der Waals surface area contributed by atoms with Crippen LogP contribution >= 0.6 is 23.2 Å². The first-order valence-electron chi connectivity index (χ1n) is 14.9. The highest BCUT2D eigenvalue weighted by Crippen LogP contribution is 2.39. The molecule has 0 aliphatic heterocycles. The zero-order valence-corrected chi connectivity index (χ0v) is 29.0. The van der Waals surface area contributed by atoms with Crippen molar-refractivity contribution in [2.75, 3.05) is 10.0 Å². The Hall–Kier alpha value is -2.78. The van der Waals surface area contributed by atoms with Gasteiger partial charge in [-0.2, -0.15) is 0 Å². The molecule has 1 amide bonds. The zero-order chi connectivity index (χ0) is 32.8. The van der Waals surface area contributed by atoms with Gasteiger partial charge in [0.05, 0.1) is 15.7 Å². The topological polar surface area (TPSA) is 96.9 Å². The van der Waals surface area contributed by atoms with Crippen molar-refractivity contribution < 1.29 is 23.0 Å². The van der Waals surface area contributed by atoms with Crippen molar-refractivity contribution in [3.63, 3.8) is 0 Å². The van der Waals surface area contributed by atoms with Crippen LogP contribution in [0.15, 0.2) is 54.6 Å². The predicted molar refractivity (Wildman–Crippen MR) is 182 cm³/mol. The first-order valence-corrected chi connectivity index (χ1v) is 16.7. The largest absolute Gasteiger partial charge is 0.505 e. The number of carbonyl (C=O) groups excluding carboxylic acids is 1. The van der Waals surface area contributed by atoms with Gasteiger partial charge in [0.2, 0.25) is 0 Å². The molecule has 3 rings (SSSR count). The number of anilines is 2. The van der Waals surface area contributed by atoms with E-state index >= 15 is 0 Å². The van der Waals surface area contributed by atoms with Gasteiger partial charge >= 0.3 is 0 Å². The van der Waals surface area contributed by atoms with Gasteiger partial charge in [-0.15, -0.1) is 0 Å². The maximum Gasteiger partial charge on any atom is 0.265 e. The van der Waals surface area contributed by atoms with E-state index in [9.17, 15) is 14.1 Å². The van der Waals surface area contributed by atoms with E-state index in [1.807, 2.05) is 19.1 Å². The summed E-state index contributed by atoms with van der Waals surface area (Å²) >= 11 is 9.94. The lowest BCUT2D eigenvalue weighted by Crippen LogP contribution is -2.34. The summed E-state index contributed by atoms with van der Waals surface area (Å²) in [6.07, 6.45) is 0.964. The average molecular weight is 664 g/mol. The quantitative estimate of drug-likeness (QED) is 0.149. The highest BCUT2D eigenvalue weighted by molar-refractivity contribution is 7.81. The van der Waals surface area contributed by atoms with Crippen molar-refractivity contribution >= 4 is 51.8 Å². The maximum absolute atomic E-state index is 13.6. The van der Waals surface area contributed by atoms with Crippen molar-refractivity contribution in [1.82, 2.24) is 0 Å². The molecule has 3 aromatic carbocycles. The van der Waals surface area contributed by atoms with Crippen LogP contribution in [-0.2, 0) is 31.1 Å². The molecule has 44 heavy (non-hydrogen) atoms. The summed E-state index contributed by atoms with van der Waals surface area (Å²) in [6.45, 7) is 16.8. The zero-order valence-electron chi connectivity index (χ0n) is 26.7. The Morgan fingerprint density at radius 3 is 2.16 bits per heavy atom. The number of aromatic hydroxyl groups is 1. The summed E-state index contributed by atoms with van der Waals surface area (Å²) in [5, 5.41) is 12.8. The molecule has 3 unspecified atom stereocenters. The number of rotatable bonds is 14. The smallest absolute Gasteiger partial charge is 0.265 e. The number of phenols is 1. The predicted octanol–water partition coefficient (Wildman–Crippen LogP) is 9.64. The summed E-state index contributed by atoms with van der Waals surface area (Å²) < 4.78 is 27.6. The molecular weight excluding hydrogens is 619 g/mol. The fraction of sp³-hybridized carbons (Fsp3) is 0.441. The normalized spacial score (nSPS) is 14.0. The van der Waals surface area contributed by atoms with Crippen LogP contribution in [0.3, 0.4) is 0 Å². The van der Waals surface area contributed by atoms with Crippen LogP contribution in [0.4, 0.5) is 11.4 Å². The Morgan fingerprint density at radius 2 is 1.57 bits per heavy atom. The molecule has 0 saturated heterocycles. The number of hydrogen-bond donors (Lipinski definition) is 3. The van der Waals surface area contributed by atoms with Crippen LogP contribution in [0.2, 0.25) is 10.0 Å². The number of amides is 1. The molecule has 3 aromatic rings. The second-order valence-corrected chi connectivity index (χ2v) is 13.8. The standard InChI is InChI=1S/C34H44Cl2N2O5S/c1-9-29(42-30-17-16-22(33(5,6)10-2)18-25(30)34(7,8)11-3)32(40)37-28-15-13-12-14-24(28)21(4)43-44(41)38-23-19-26(35)31(39)27(36)20-23/h12-21,29,38-39H,9-11H2,1-8H3,(H,37,40). The number of ether oxygens (including phenoxy) is 1. The summed E-state index contributed by atoms with van der Waals surface area (Å²) in [4.78, 5) is 13.6. The van der Waals surface area contributed by atoms with Crippen LogP contribution in [0.25, 0.3) is 0 Å². The molecule has 3 atom stereocenters. The lowest BCUT2D eigenvalue weighted by molar-refractivity contribution is -0.122. The van der Waals surface area contributed by atoms with Crippen LogP contribution < -0.4 is 14.8 Å². The van der Waals surface area contributed by atoms with Gasteiger partial charge in [0.1, 0.15) is 11.9 Å². The van der Waals surface area contributed by atoms with Crippen molar-refractivity contribution in [3.8, 4) is 11.5 Å². The minimum Gasteiger partial charge on any atom is -0.505 e. The van der Waals surface area contributed by atoms with Crippen LogP contribution in [0.5, 0.6) is 11.5 Å². The molecule has 0 heterocycles. The second-order valence-electron chi connectivity index (χ2n) is 12.1. The van der Waals surface area contributed by atoms with Crippen LogP contribution in [0, 0.1) is 0 Å². The van der Waals surface area contributed by atoms with E-state index in [1.54, 1.807) is 25.1 Å². The van der Waals surface area contributed by atoms with Crippen LogP contribution in [0.1, 0.15) is 97.4 Å². The summed E-state index contributed by atoms with van der Waals surface area (Å²) in [5.41, 5.74) is 3.66. The lowest BCUT2D eigenvalue weighted by atomic mass is 9.76. The molecule has 3 N–H and O–H groups in total. The molecule has 0 aliphatic rings. The first kappa shape index (κ1) is 35.7. The van der Waals surface area contributed by atoms with Gasteiger partial charge in [0.15, 0.2) is 11.9 Å². The van der Waals surface area contributed by atoms with E-state index in [1.165, 1.54) is 17.7 Å². The van der Waals surface area contributed by atoms with Gasteiger partial charge in [-0.3, -0.25) is 13.7 Å². The number of hydrogen-bond acceptors (Lipinski definition) is 5. The highest BCUT2D eigenvalue weighted by atomic mass is 35.5. The molecule has 240 valence electrons. The van der Waals surface area contributed by atoms with Gasteiger partial charge in [-0.05, 0) is 66.8 Å². The highest BCUT2D eigenvalue weighted by Gasteiger charge is 2.29. The van der Waals surface area contributed by atoms with Crippen LogP contribution in [-0.4, -0.2) is 21.3 Å². The third-order valence-corrected chi connectivity index (χ3v) is 9.74. The molecule has 0 fully saturated rings. The molecule has 0 bridgehead atoms. The summed E-state index contributed by atoms with van der Waals surface area (Å²) in [5.74, 6) is 0.147. The molecule has 0 saturated carbocycles. The second kappa shape index (κ2) is 15.0. The van der Waals surface area contributed by atoms with E-state index in [0.717, 1.165) is 18.4 Å². The number of halogens is 2. The Balaban J connectivity index is 1.79. The lowest BCUT2D eigenvalue weighted by Gasteiger charge is -2.31. The third kappa shape index (κ3) is 8.68. The molecule has 7 nitrogen and oxygen atoms in total. The van der Waals surface area contributed by atoms with Gasteiger partial charge < -0.3 is 15.2 Å². The van der Waals surface area contributed by atoms with E-state index in [2.05, 4.69) is 63.7 Å². The first-order chi connectivity index (χ1) is 20.6. The maximum atomic E-state index is 13.6. The van der Waals surface area contributed by atoms with Gasteiger partial charge in [-0.1, -0.05) is 102 Å². The molecule has 10 heteroatoms. The Kier molecular flexibility index (Phi) is 12.2. The number of benzene rings is 3. The van der Waals surface area contributed by atoms with Crippen molar-refractivity contribution in [2.24, 2.45) is 0 Å². The average Bonchev–Trinajstić information content (AvgIpc) is 2.98. The van der Waals surface area contributed by atoms with E-state index in [4.69, 9.17) is 32.1 Å². The van der Waals surface area contributed by atoms with Crippen molar-refractivity contribution in [3.05, 3.63) is 81.3 Å². The summed E-state index contributed by atoms with van der Waals surface area (Å²) in [6, 6.07) is 16.3. The van der Waals surface area contributed by atoms with Crippen molar-refractivity contribution in [1.29, 1.82) is 0 Å². The van der Waals surface area contributed by atoms with Gasteiger partial charge in [-0.25, -0.2) is 4.21 Å². The third-order valence-electron chi connectivity index (χ3n) is 8.30. The minimum atomic E-state index is -1.99. The number of carbonyl (C=O) groups is 1.